The van der Waals surface area contributed by atoms with Crippen molar-refractivity contribution in [1.29, 1.82) is 0 Å². The first-order chi connectivity index (χ1) is 11.9. The van der Waals surface area contributed by atoms with Crippen LogP contribution in [0.25, 0.3) is 0 Å². The Morgan fingerprint density at radius 2 is 1.88 bits per heavy atom. The molecule has 1 saturated heterocycles. The topological polar surface area (TPSA) is 83.4 Å². The van der Waals surface area contributed by atoms with Gasteiger partial charge >= 0.3 is 5.97 Å². The van der Waals surface area contributed by atoms with Crippen LogP contribution in [0.3, 0.4) is 0 Å². The number of hydrogen-bond acceptors (Lipinski definition) is 4. The van der Waals surface area contributed by atoms with Crippen LogP contribution >= 0.6 is 0 Å². The van der Waals surface area contributed by atoms with Crippen LogP contribution in [0.1, 0.15) is 56.7 Å². The molecule has 0 radical (unpaired) electrons. The van der Waals surface area contributed by atoms with Crippen molar-refractivity contribution in [2.24, 2.45) is 0 Å². The molecule has 1 aliphatic heterocycles. The zero-order valence-corrected chi connectivity index (χ0v) is 14.4. The molecule has 1 aromatic carbocycles. The molecule has 1 amide bonds. The lowest BCUT2D eigenvalue weighted by Gasteiger charge is -2.33. The Balaban J connectivity index is 1.76. The summed E-state index contributed by atoms with van der Waals surface area (Å²) in [4.78, 5) is 34.1. The lowest BCUT2D eigenvalue weighted by atomic mass is 9.90. The number of aromatic nitrogens is 2. The molecular weight excluding hydrogens is 318 g/mol. The molecule has 130 valence electrons. The number of carbonyl (C=O) groups excluding carboxylic acids is 1. The van der Waals surface area contributed by atoms with Crippen molar-refractivity contribution in [3.8, 4) is 0 Å². The SMILES string of the molecule is Cc1cc(C(=O)N2CCC[C@H](c3ccc(C(=O)O)cc3)C2)nc(C)n1. The second kappa shape index (κ2) is 7.01. The fourth-order valence-corrected chi connectivity index (χ4v) is 3.32. The van der Waals surface area contributed by atoms with E-state index in [4.69, 9.17) is 5.11 Å². The normalized spacial score (nSPS) is 17.4. The molecule has 1 aliphatic rings. The number of benzene rings is 1. The molecular formula is C19H21N3O3. The Labute approximate surface area is 146 Å². The molecule has 0 saturated carbocycles. The Kier molecular flexibility index (Phi) is 4.79. The van der Waals surface area contributed by atoms with E-state index in [-0.39, 0.29) is 17.4 Å². The number of carboxylic acid groups (broad SMARTS) is 1. The minimum absolute atomic E-state index is 0.0690. The standard InChI is InChI=1S/C19H21N3O3/c1-12-10-17(21-13(2)20-12)18(23)22-9-3-4-16(11-22)14-5-7-15(8-6-14)19(24)25/h5-8,10,16H,3-4,9,11H2,1-2H3,(H,24,25)/t16-/m0/s1. The maximum absolute atomic E-state index is 12.8. The minimum atomic E-state index is -0.929. The van der Waals surface area contributed by atoms with E-state index in [0.29, 0.717) is 24.6 Å². The number of rotatable bonds is 3. The molecule has 0 unspecified atom stereocenters. The molecule has 0 spiro atoms. The minimum Gasteiger partial charge on any atom is -0.478 e. The van der Waals surface area contributed by atoms with Gasteiger partial charge in [0.25, 0.3) is 5.91 Å². The van der Waals surface area contributed by atoms with Crippen molar-refractivity contribution >= 4 is 11.9 Å². The molecule has 1 atom stereocenters. The number of carboxylic acids is 1. The predicted octanol–water partition coefficient (Wildman–Crippen LogP) is 2.81. The van der Waals surface area contributed by atoms with E-state index in [1.165, 1.54) is 0 Å². The molecule has 1 aromatic heterocycles. The molecule has 6 nitrogen and oxygen atoms in total. The quantitative estimate of drug-likeness (QED) is 0.929. The van der Waals surface area contributed by atoms with E-state index in [1.54, 1.807) is 25.1 Å². The van der Waals surface area contributed by atoms with Gasteiger partial charge in [-0.15, -0.1) is 0 Å². The first-order valence-electron chi connectivity index (χ1n) is 8.39. The lowest BCUT2D eigenvalue weighted by Crippen LogP contribution is -2.39. The third-order valence-corrected chi connectivity index (χ3v) is 4.52. The summed E-state index contributed by atoms with van der Waals surface area (Å²) in [7, 11) is 0. The zero-order chi connectivity index (χ0) is 18.0. The summed E-state index contributed by atoms with van der Waals surface area (Å²) in [6.07, 6.45) is 1.90. The summed E-state index contributed by atoms with van der Waals surface area (Å²) in [5.74, 6) is -0.187. The number of hydrogen-bond donors (Lipinski definition) is 1. The van der Waals surface area contributed by atoms with Crippen molar-refractivity contribution in [3.05, 3.63) is 58.7 Å². The summed E-state index contributed by atoms with van der Waals surface area (Å²) in [6.45, 7) is 4.97. The van der Waals surface area contributed by atoms with E-state index in [1.807, 2.05) is 24.0 Å². The fourth-order valence-electron chi connectivity index (χ4n) is 3.32. The van der Waals surface area contributed by atoms with Crippen LogP contribution in [-0.2, 0) is 0 Å². The highest BCUT2D eigenvalue weighted by atomic mass is 16.4. The first kappa shape index (κ1) is 17.1. The van der Waals surface area contributed by atoms with Crippen molar-refractivity contribution in [2.45, 2.75) is 32.6 Å². The van der Waals surface area contributed by atoms with E-state index >= 15 is 0 Å². The number of likely N-dealkylation sites (tertiary alicyclic amines) is 1. The van der Waals surface area contributed by atoms with Gasteiger partial charge in [-0.3, -0.25) is 4.79 Å². The third kappa shape index (κ3) is 3.84. The van der Waals surface area contributed by atoms with Crippen LogP contribution in [0.15, 0.2) is 30.3 Å². The number of aryl methyl sites for hydroxylation is 2. The monoisotopic (exact) mass is 339 g/mol. The van der Waals surface area contributed by atoms with Gasteiger partial charge in [0.15, 0.2) is 0 Å². The van der Waals surface area contributed by atoms with Crippen molar-refractivity contribution in [2.75, 3.05) is 13.1 Å². The van der Waals surface area contributed by atoms with Crippen LogP contribution in [0, 0.1) is 13.8 Å². The molecule has 1 fully saturated rings. The molecule has 25 heavy (non-hydrogen) atoms. The van der Waals surface area contributed by atoms with Crippen molar-refractivity contribution in [3.63, 3.8) is 0 Å². The van der Waals surface area contributed by atoms with Crippen molar-refractivity contribution in [1.82, 2.24) is 14.9 Å². The van der Waals surface area contributed by atoms with Gasteiger partial charge in [-0.2, -0.15) is 0 Å². The first-order valence-corrected chi connectivity index (χ1v) is 8.39. The van der Waals surface area contributed by atoms with Crippen LogP contribution in [0.4, 0.5) is 0 Å². The maximum Gasteiger partial charge on any atom is 0.335 e. The Bertz CT molecular complexity index is 782. The van der Waals surface area contributed by atoms with Gasteiger partial charge in [-0.05, 0) is 50.5 Å². The van der Waals surface area contributed by atoms with Gasteiger partial charge < -0.3 is 10.0 Å². The number of piperidine rings is 1. The summed E-state index contributed by atoms with van der Waals surface area (Å²) < 4.78 is 0. The van der Waals surface area contributed by atoms with E-state index in [0.717, 1.165) is 24.1 Å². The van der Waals surface area contributed by atoms with Crippen LogP contribution < -0.4 is 0 Å². The number of carbonyl (C=O) groups is 2. The predicted molar refractivity (Wildman–Crippen MR) is 92.8 cm³/mol. The summed E-state index contributed by atoms with van der Waals surface area (Å²) in [5.41, 5.74) is 2.57. The van der Waals surface area contributed by atoms with Crippen molar-refractivity contribution < 1.29 is 14.7 Å². The average molecular weight is 339 g/mol. The van der Waals surface area contributed by atoms with Gasteiger partial charge in [-0.1, -0.05) is 12.1 Å². The molecule has 6 heteroatoms. The van der Waals surface area contributed by atoms with Crippen LogP contribution in [-0.4, -0.2) is 44.9 Å². The second-order valence-corrected chi connectivity index (χ2v) is 6.46. The Hall–Kier alpha value is -2.76. The molecule has 0 bridgehead atoms. The molecule has 2 aromatic rings. The van der Waals surface area contributed by atoms with E-state index < -0.39 is 5.97 Å². The Morgan fingerprint density at radius 3 is 2.52 bits per heavy atom. The number of nitrogens with zero attached hydrogens (tertiary/aromatic N) is 3. The highest BCUT2D eigenvalue weighted by Gasteiger charge is 2.26. The largest absolute Gasteiger partial charge is 0.478 e. The molecule has 0 aliphatic carbocycles. The van der Waals surface area contributed by atoms with Crippen LogP contribution in [0.2, 0.25) is 0 Å². The second-order valence-electron chi connectivity index (χ2n) is 6.46. The third-order valence-electron chi connectivity index (χ3n) is 4.52. The summed E-state index contributed by atoms with van der Waals surface area (Å²) in [6, 6.07) is 8.66. The zero-order valence-electron chi connectivity index (χ0n) is 14.4. The van der Waals surface area contributed by atoms with E-state index in [2.05, 4.69) is 9.97 Å². The molecule has 1 N–H and O–H groups in total. The van der Waals surface area contributed by atoms with Gasteiger partial charge in [0.1, 0.15) is 11.5 Å². The number of aromatic carboxylic acids is 1. The van der Waals surface area contributed by atoms with E-state index in [9.17, 15) is 9.59 Å². The molecule has 3 rings (SSSR count). The summed E-state index contributed by atoms with van der Waals surface area (Å²) in [5, 5.41) is 9.01. The molecule has 2 heterocycles. The maximum atomic E-state index is 12.8. The smallest absolute Gasteiger partial charge is 0.335 e. The Morgan fingerprint density at radius 1 is 1.16 bits per heavy atom. The lowest BCUT2D eigenvalue weighted by molar-refractivity contribution is 0.0692. The van der Waals surface area contributed by atoms with Gasteiger partial charge in [-0.25, -0.2) is 14.8 Å². The fraction of sp³-hybridized carbons (Fsp3) is 0.368. The van der Waals surface area contributed by atoms with Crippen LogP contribution in [0.5, 0.6) is 0 Å². The van der Waals surface area contributed by atoms with Gasteiger partial charge in [0, 0.05) is 24.7 Å². The van der Waals surface area contributed by atoms with Gasteiger partial charge in [0.05, 0.1) is 5.56 Å². The highest BCUT2D eigenvalue weighted by Crippen LogP contribution is 2.28. The number of amides is 1. The highest BCUT2D eigenvalue weighted by molar-refractivity contribution is 5.92. The average Bonchev–Trinajstić information content (AvgIpc) is 2.60. The van der Waals surface area contributed by atoms with Gasteiger partial charge in [0.2, 0.25) is 0 Å². The summed E-state index contributed by atoms with van der Waals surface area (Å²) >= 11 is 0.